The Morgan fingerprint density at radius 1 is 1.25 bits per heavy atom. The van der Waals surface area contributed by atoms with Crippen molar-refractivity contribution in [3.63, 3.8) is 0 Å². The Kier molecular flexibility index (Phi) is 3.60. The first-order valence-electron chi connectivity index (χ1n) is 6.95. The highest BCUT2D eigenvalue weighted by molar-refractivity contribution is 5.58. The zero-order valence-electron chi connectivity index (χ0n) is 11.2. The van der Waals surface area contributed by atoms with E-state index in [9.17, 15) is 4.39 Å². The second-order valence-corrected chi connectivity index (χ2v) is 5.30. The van der Waals surface area contributed by atoms with Gasteiger partial charge in [0.05, 0.1) is 18.9 Å². The van der Waals surface area contributed by atoms with Crippen molar-refractivity contribution >= 4 is 5.69 Å². The summed E-state index contributed by atoms with van der Waals surface area (Å²) in [5.74, 6) is -0.870. The largest absolute Gasteiger partial charge is 0.381 e. The van der Waals surface area contributed by atoms with Gasteiger partial charge in [-0.3, -0.25) is 0 Å². The van der Waals surface area contributed by atoms with Crippen LogP contribution in [0.2, 0.25) is 0 Å². The van der Waals surface area contributed by atoms with Gasteiger partial charge in [-0.2, -0.15) is 5.26 Å². The summed E-state index contributed by atoms with van der Waals surface area (Å²) in [6, 6.07) is 6.81. The van der Waals surface area contributed by atoms with Gasteiger partial charge in [-0.25, -0.2) is 4.39 Å². The number of rotatable bonds is 2. The number of anilines is 1. The minimum atomic E-state index is -0.479. The van der Waals surface area contributed by atoms with Gasteiger partial charge in [0, 0.05) is 18.9 Å². The topological polar surface area (TPSA) is 54.3 Å². The average molecular weight is 276 g/mol. The van der Waals surface area contributed by atoms with Crippen LogP contribution in [0.25, 0.3) is 0 Å². The first-order chi connectivity index (χ1) is 9.72. The van der Waals surface area contributed by atoms with Gasteiger partial charge in [0.25, 0.3) is 0 Å². The Bertz CT molecular complexity index is 525. The molecule has 1 aliphatic heterocycles. The Hall–Kier alpha value is -1.64. The molecular formula is C15H17FN2O2. The van der Waals surface area contributed by atoms with Crippen molar-refractivity contribution in [2.24, 2.45) is 0 Å². The van der Waals surface area contributed by atoms with E-state index in [-0.39, 0.29) is 11.6 Å². The lowest BCUT2D eigenvalue weighted by Crippen LogP contribution is -2.39. The molecule has 1 N–H and O–H groups in total. The number of nitriles is 1. The third kappa shape index (κ3) is 2.49. The van der Waals surface area contributed by atoms with Gasteiger partial charge in [-0.15, -0.1) is 0 Å². The molecule has 1 heterocycles. The molecule has 1 saturated heterocycles. The summed E-state index contributed by atoms with van der Waals surface area (Å²) < 4.78 is 24.9. The highest BCUT2D eigenvalue weighted by Gasteiger charge is 2.40. The number of ether oxygens (including phenoxy) is 2. The van der Waals surface area contributed by atoms with E-state index in [1.54, 1.807) is 12.1 Å². The molecule has 4 nitrogen and oxygen atoms in total. The first kappa shape index (κ1) is 13.3. The van der Waals surface area contributed by atoms with Gasteiger partial charge < -0.3 is 14.8 Å². The van der Waals surface area contributed by atoms with Gasteiger partial charge in [0.15, 0.2) is 5.79 Å². The highest BCUT2D eigenvalue weighted by atomic mass is 19.1. The lowest BCUT2D eigenvalue weighted by atomic mass is 9.89. The molecule has 2 aliphatic rings. The number of halogens is 1. The summed E-state index contributed by atoms with van der Waals surface area (Å²) in [7, 11) is 0. The lowest BCUT2D eigenvalue weighted by molar-refractivity contribution is -0.177. The molecule has 20 heavy (non-hydrogen) atoms. The smallest absolute Gasteiger partial charge is 0.168 e. The van der Waals surface area contributed by atoms with Gasteiger partial charge in [-0.1, -0.05) is 6.07 Å². The van der Waals surface area contributed by atoms with Crippen molar-refractivity contribution in [1.29, 1.82) is 5.26 Å². The standard InChI is InChI=1S/C15H17FN2O2/c16-13-2-1-3-14(12(13)10-17)18-11-4-6-15(7-5-11)19-8-9-20-15/h1-3,11,18H,4-9H2. The fourth-order valence-corrected chi connectivity index (χ4v) is 2.97. The fourth-order valence-electron chi connectivity index (χ4n) is 2.97. The molecule has 106 valence electrons. The maximum absolute atomic E-state index is 13.5. The number of benzene rings is 1. The second kappa shape index (κ2) is 5.39. The van der Waals surface area contributed by atoms with E-state index in [0.717, 1.165) is 25.7 Å². The van der Waals surface area contributed by atoms with Gasteiger partial charge >= 0.3 is 0 Å². The van der Waals surface area contributed by atoms with E-state index in [1.165, 1.54) is 6.07 Å². The van der Waals surface area contributed by atoms with E-state index in [1.807, 2.05) is 6.07 Å². The summed E-state index contributed by atoms with van der Waals surface area (Å²) in [5.41, 5.74) is 0.655. The van der Waals surface area contributed by atoms with Crippen molar-refractivity contribution in [3.8, 4) is 6.07 Å². The molecule has 0 radical (unpaired) electrons. The molecule has 0 bridgehead atoms. The van der Waals surface area contributed by atoms with E-state index in [4.69, 9.17) is 14.7 Å². The summed E-state index contributed by atoms with van der Waals surface area (Å²) in [6.45, 7) is 1.33. The summed E-state index contributed by atoms with van der Waals surface area (Å²) in [6.07, 6.45) is 3.45. The summed E-state index contributed by atoms with van der Waals surface area (Å²) >= 11 is 0. The van der Waals surface area contributed by atoms with E-state index < -0.39 is 11.6 Å². The van der Waals surface area contributed by atoms with Crippen molar-refractivity contribution < 1.29 is 13.9 Å². The lowest BCUT2D eigenvalue weighted by Gasteiger charge is -2.36. The van der Waals surface area contributed by atoms with Crippen LogP contribution in [0, 0.1) is 17.1 Å². The van der Waals surface area contributed by atoms with E-state index in [2.05, 4.69) is 5.32 Å². The van der Waals surface area contributed by atoms with Crippen molar-refractivity contribution in [1.82, 2.24) is 0 Å². The Labute approximate surface area is 117 Å². The Balaban J connectivity index is 1.65. The minimum absolute atomic E-state index is 0.0844. The molecule has 5 heteroatoms. The molecule has 0 amide bonds. The molecule has 0 aromatic heterocycles. The maximum atomic E-state index is 13.5. The molecule has 1 aromatic rings. The van der Waals surface area contributed by atoms with Crippen LogP contribution in [0.5, 0.6) is 0 Å². The Morgan fingerprint density at radius 2 is 1.95 bits per heavy atom. The monoisotopic (exact) mass is 276 g/mol. The van der Waals surface area contributed by atoms with Crippen LogP contribution in [-0.2, 0) is 9.47 Å². The maximum Gasteiger partial charge on any atom is 0.168 e. The van der Waals surface area contributed by atoms with Crippen LogP contribution in [0.1, 0.15) is 31.2 Å². The van der Waals surface area contributed by atoms with Crippen LogP contribution in [-0.4, -0.2) is 25.0 Å². The predicted molar refractivity (Wildman–Crippen MR) is 71.6 cm³/mol. The Morgan fingerprint density at radius 3 is 2.60 bits per heavy atom. The molecule has 1 spiro atoms. The van der Waals surface area contributed by atoms with Gasteiger partial charge in [-0.05, 0) is 25.0 Å². The SMILES string of the molecule is N#Cc1c(F)cccc1NC1CCC2(CC1)OCCO2. The van der Waals surface area contributed by atoms with Crippen LogP contribution in [0.4, 0.5) is 10.1 Å². The van der Waals surface area contributed by atoms with Crippen molar-refractivity contribution in [2.75, 3.05) is 18.5 Å². The van der Waals surface area contributed by atoms with Gasteiger partial charge in [0.2, 0.25) is 0 Å². The van der Waals surface area contributed by atoms with Crippen LogP contribution >= 0.6 is 0 Å². The number of hydrogen-bond donors (Lipinski definition) is 1. The molecule has 0 unspecified atom stereocenters. The quantitative estimate of drug-likeness (QED) is 0.902. The fraction of sp³-hybridized carbons (Fsp3) is 0.533. The van der Waals surface area contributed by atoms with Crippen LogP contribution in [0.3, 0.4) is 0 Å². The highest BCUT2D eigenvalue weighted by Crippen LogP contribution is 2.36. The third-order valence-corrected chi connectivity index (χ3v) is 4.05. The summed E-state index contributed by atoms with van der Waals surface area (Å²) in [5, 5.41) is 12.3. The van der Waals surface area contributed by atoms with Gasteiger partial charge in [0.1, 0.15) is 17.4 Å². The molecule has 1 aromatic carbocycles. The molecule has 1 saturated carbocycles. The number of hydrogen-bond acceptors (Lipinski definition) is 4. The number of nitrogens with one attached hydrogen (secondary N) is 1. The zero-order valence-corrected chi connectivity index (χ0v) is 11.2. The third-order valence-electron chi connectivity index (χ3n) is 4.05. The normalized spacial score (nSPS) is 21.8. The molecule has 3 rings (SSSR count). The summed E-state index contributed by atoms with van der Waals surface area (Å²) in [4.78, 5) is 0. The zero-order chi connectivity index (χ0) is 14.0. The second-order valence-electron chi connectivity index (χ2n) is 5.30. The molecule has 0 atom stereocenters. The predicted octanol–water partition coefficient (Wildman–Crippen LogP) is 2.79. The molecular weight excluding hydrogens is 259 g/mol. The van der Waals surface area contributed by atoms with E-state index >= 15 is 0 Å². The minimum Gasteiger partial charge on any atom is -0.381 e. The molecule has 1 aliphatic carbocycles. The van der Waals surface area contributed by atoms with Crippen LogP contribution in [0.15, 0.2) is 18.2 Å². The first-order valence-corrected chi connectivity index (χ1v) is 6.95. The average Bonchev–Trinajstić information content (AvgIpc) is 2.90. The van der Waals surface area contributed by atoms with Crippen LogP contribution < -0.4 is 5.32 Å². The molecule has 2 fully saturated rings. The number of nitrogens with zero attached hydrogens (tertiary/aromatic N) is 1. The van der Waals surface area contributed by atoms with E-state index in [0.29, 0.717) is 18.9 Å². The van der Waals surface area contributed by atoms with Crippen molar-refractivity contribution in [3.05, 3.63) is 29.6 Å². The van der Waals surface area contributed by atoms with Crippen molar-refractivity contribution in [2.45, 2.75) is 37.5 Å².